The van der Waals surface area contributed by atoms with Crippen LogP contribution in [0.3, 0.4) is 0 Å². The number of rotatable bonds is 0. The van der Waals surface area contributed by atoms with Gasteiger partial charge in [-0.05, 0) is 41.3 Å². The number of allylic oxidation sites excluding steroid dienone is 3. The first kappa shape index (κ1) is 9.99. The van der Waals surface area contributed by atoms with Gasteiger partial charge in [-0.15, -0.1) is 0 Å². The summed E-state index contributed by atoms with van der Waals surface area (Å²) in [5.74, 6) is 0.563. The highest BCUT2D eigenvalue weighted by atomic mass is 79.9. The van der Waals surface area contributed by atoms with Gasteiger partial charge in [0, 0.05) is 4.48 Å². The first-order valence-corrected chi connectivity index (χ1v) is 5.33. The Bertz CT molecular complexity index is 254. The van der Waals surface area contributed by atoms with Crippen molar-refractivity contribution in [2.24, 2.45) is 10.7 Å². The van der Waals surface area contributed by atoms with Gasteiger partial charge < -0.3 is 5.73 Å². The van der Waals surface area contributed by atoms with E-state index in [0.29, 0.717) is 5.82 Å². The van der Waals surface area contributed by atoms with E-state index in [1.54, 1.807) is 0 Å². The van der Waals surface area contributed by atoms with Crippen LogP contribution in [0.15, 0.2) is 27.4 Å². The summed E-state index contributed by atoms with van der Waals surface area (Å²) in [6.07, 6.45) is 7.14. The molecule has 0 spiro atoms. The highest BCUT2D eigenvalue weighted by Gasteiger charge is 2.01. The first-order valence-electron chi connectivity index (χ1n) is 3.75. The third-order valence-electron chi connectivity index (χ3n) is 1.53. The standard InChI is InChI=1S/C8H10Br2N2/c9-6-4-2-1-3-5-7(10)12-8(6)11/h3,5H,1-2,4,11H2/b5-3-,8-6+,12-7+. The predicted molar refractivity (Wildman–Crippen MR) is 59.5 cm³/mol. The number of halogens is 2. The van der Waals surface area contributed by atoms with Crippen LogP contribution in [0.1, 0.15) is 19.3 Å². The summed E-state index contributed by atoms with van der Waals surface area (Å²) in [7, 11) is 0. The van der Waals surface area contributed by atoms with Crippen molar-refractivity contribution in [1.29, 1.82) is 0 Å². The molecular formula is C8H10Br2N2. The van der Waals surface area contributed by atoms with Gasteiger partial charge in [0.25, 0.3) is 0 Å². The van der Waals surface area contributed by atoms with Crippen molar-refractivity contribution in [2.75, 3.05) is 0 Å². The Morgan fingerprint density at radius 1 is 1.42 bits per heavy atom. The second-order valence-electron chi connectivity index (χ2n) is 2.52. The lowest BCUT2D eigenvalue weighted by Gasteiger charge is -1.98. The summed E-state index contributed by atoms with van der Waals surface area (Å²) >= 11 is 6.70. The summed E-state index contributed by atoms with van der Waals surface area (Å²) in [5, 5.41) is 0. The fourth-order valence-corrected chi connectivity index (χ4v) is 1.64. The lowest BCUT2D eigenvalue weighted by molar-refractivity contribution is 0.855. The van der Waals surface area contributed by atoms with Crippen molar-refractivity contribution < 1.29 is 0 Å². The Hall–Kier alpha value is -0.0900. The molecule has 0 saturated carbocycles. The average Bonchev–Trinajstić information content (AvgIpc) is 2.07. The summed E-state index contributed by atoms with van der Waals surface area (Å²) in [5.41, 5.74) is 5.69. The van der Waals surface area contributed by atoms with Crippen LogP contribution in [0.25, 0.3) is 0 Å². The molecule has 66 valence electrons. The molecule has 0 aromatic heterocycles. The molecule has 0 aromatic rings. The summed E-state index contributed by atoms with van der Waals surface area (Å²) in [6.45, 7) is 0. The van der Waals surface area contributed by atoms with Crippen molar-refractivity contribution >= 4 is 36.5 Å². The van der Waals surface area contributed by atoms with Gasteiger partial charge in [-0.25, -0.2) is 4.99 Å². The molecule has 4 heteroatoms. The monoisotopic (exact) mass is 292 g/mol. The van der Waals surface area contributed by atoms with E-state index in [4.69, 9.17) is 5.73 Å². The first-order chi connectivity index (χ1) is 5.70. The van der Waals surface area contributed by atoms with E-state index in [0.717, 1.165) is 28.4 Å². The highest BCUT2D eigenvalue weighted by Crippen LogP contribution is 2.19. The Morgan fingerprint density at radius 2 is 2.17 bits per heavy atom. The van der Waals surface area contributed by atoms with Gasteiger partial charge in [0.05, 0.1) is 0 Å². The molecule has 0 aromatic carbocycles. The number of aliphatic imine (C=N–C) groups is 1. The van der Waals surface area contributed by atoms with Crippen LogP contribution in [0, 0.1) is 0 Å². The third-order valence-corrected chi connectivity index (χ3v) is 2.77. The van der Waals surface area contributed by atoms with Gasteiger partial charge in [-0.2, -0.15) is 0 Å². The van der Waals surface area contributed by atoms with E-state index >= 15 is 0 Å². The van der Waals surface area contributed by atoms with Crippen LogP contribution in [0.5, 0.6) is 0 Å². The minimum absolute atomic E-state index is 0.563. The molecule has 1 rings (SSSR count). The van der Waals surface area contributed by atoms with Gasteiger partial charge >= 0.3 is 0 Å². The fraction of sp³-hybridized carbons (Fsp3) is 0.375. The zero-order valence-corrected chi connectivity index (χ0v) is 9.73. The number of nitrogens with two attached hydrogens (primary N) is 1. The maximum atomic E-state index is 5.69. The molecule has 0 bridgehead atoms. The predicted octanol–water partition coefficient (Wildman–Crippen LogP) is 3.04. The average molecular weight is 294 g/mol. The largest absolute Gasteiger partial charge is 0.383 e. The molecule has 0 fully saturated rings. The van der Waals surface area contributed by atoms with Crippen molar-refractivity contribution in [1.82, 2.24) is 0 Å². The minimum atomic E-state index is 0.563. The van der Waals surface area contributed by atoms with Crippen LogP contribution >= 0.6 is 31.9 Å². The van der Waals surface area contributed by atoms with Crippen molar-refractivity contribution in [3.05, 3.63) is 22.5 Å². The second-order valence-corrected chi connectivity index (χ2v) is 4.29. The Morgan fingerprint density at radius 3 is 2.92 bits per heavy atom. The van der Waals surface area contributed by atoms with E-state index in [1.165, 1.54) is 0 Å². The maximum absolute atomic E-state index is 5.69. The topological polar surface area (TPSA) is 38.4 Å². The molecule has 1 aliphatic heterocycles. The zero-order valence-electron chi connectivity index (χ0n) is 6.56. The summed E-state index contributed by atoms with van der Waals surface area (Å²) < 4.78 is 1.77. The normalized spacial score (nSPS) is 32.7. The lowest BCUT2D eigenvalue weighted by Crippen LogP contribution is -1.97. The zero-order chi connectivity index (χ0) is 8.97. The molecule has 0 atom stereocenters. The number of hydrogen-bond acceptors (Lipinski definition) is 2. The molecule has 0 saturated heterocycles. The van der Waals surface area contributed by atoms with Crippen LogP contribution in [-0.4, -0.2) is 4.62 Å². The fourth-order valence-electron chi connectivity index (χ4n) is 0.897. The van der Waals surface area contributed by atoms with Crippen molar-refractivity contribution in [3.8, 4) is 0 Å². The van der Waals surface area contributed by atoms with E-state index in [9.17, 15) is 0 Å². The van der Waals surface area contributed by atoms with Crippen LogP contribution in [0.4, 0.5) is 0 Å². The Balaban J connectivity index is 2.89. The smallest absolute Gasteiger partial charge is 0.134 e. The Labute approximate surface area is 88.9 Å². The summed E-state index contributed by atoms with van der Waals surface area (Å²) in [6, 6.07) is 0. The maximum Gasteiger partial charge on any atom is 0.134 e. The summed E-state index contributed by atoms with van der Waals surface area (Å²) in [4.78, 5) is 4.13. The highest BCUT2D eigenvalue weighted by molar-refractivity contribution is 9.18. The van der Waals surface area contributed by atoms with E-state index < -0.39 is 0 Å². The van der Waals surface area contributed by atoms with Gasteiger partial charge in [-0.1, -0.05) is 22.0 Å². The second kappa shape index (κ2) is 4.82. The van der Waals surface area contributed by atoms with E-state index in [-0.39, 0.29) is 0 Å². The minimum Gasteiger partial charge on any atom is -0.383 e. The van der Waals surface area contributed by atoms with Gasteiger partial charge in [0.2, 0.25) is 0 Å². The van der Waals surface area contributed by atoms with Crippen LogP contribution in [-0.2, 0) is 0 Å². The molecule has 2 N–H and O–H groups in total. The van der Waals surface area contributed by atoms with Gasteiger partial charge in [0.1, 0.15) is 10.4 Å². The lowest BCUT2D eigenvalue weighted by atomic mass is 10.2. The van der Waals surface area contributed by atoms with Gasteiger partial charge in [-0.3, -0.25) is 0 Å². The van der Waals surface area contributed by atoms with E-state index in [1.807, 2.05) is 6.08 Å². The molecule has 2 nitrogen and oxygen atoms in total. The molecule has 0 radical (unpaired) electrons. The van der Waals surface area contributed by atoms with Gasteiger partial charge in [0.15, 0.2) is 0 Å². The quantitative estimate of drug-likeness (QED) is 0.732. The molecule has 12 heavy (non-hydrogen) atoms. The number of hydrogen-bond donors (Lipinski definition) is 1. The van der Waals surface area contributed by atoms with E-state index in [2.05, 4.69) is 42.9 Å². The molecular weight excluding hydrogens is 284 g/mol. The third kappa shape index (κ3) is 3.11. The van der Waals surface area contributed by atoms with Crippen molar-refractivity contribution in [3.63, 3.8) is 0 Å². The van der Waals surface area contributed by atoms with Crippen LogP contribution in [0.2, 0.25) is 0 Å². The SMILES string of the molecule is NC1=C(\Br)CCC\C=C/C(Br)=N\1. The molecule has 0 amide bonds. The number of nitrogens with zero attached hydrogens (tertiary/aromatic N) is 1. The van der Waals surface area contributed by atoms with Crippen LogP contribution < -0.4 is 5.73 Å². The molecule has 1 heterocycles. The van der Waals surface area contributed by atoms with Crippen molar-refractivity contribution in [2.45, 2.75) is 19.3 Å². The molecule has 0 unspecified atom stereocenters. The molecule has 0 aliphatic carbocycles. The Kier molecular flexibility index (Phi) is 4.01. The molecule has 1 aliphatic rings.